The van der Waals surface area contributed by atoms with Gasteiger partial charge in [0.1, 0.15) is 17.1 Å². The lowest BCUT2D eigenvalue weighted by Gasteiger charge is -2.40. The number of ether oxygens (including phenoxy) is 2. The van der Waals surface area contributed by atoms with Crippen LogP contribution in [0.1, 0.15) is 48.8 Å². The van der Waals surface area contributed by atoms with Crippen LogP contribution in [0.25, 0.3) is 5.57 Å². The van der Waals surface area contributed by atoms with Gasteiger partial charge in [-0.05, 0) is 74.1 Å². The van der Waals surface area contributed by atoms with E-state index in [-0.39, 0.29) is 5.60 Å². The van der Waals surface area contributed by atoms with E-state index in [1.165, 1.54) is 41.5 Å². The predicted octanol–water partition coefficient (Wildman–Crippen LogP) is 5.53. The highest BCUT2D eigenvalue weighted by atomic mass is 16.5. The summed E-state index contributed by atoms with van der Waals surface area (Å²) < 4.78 is 11.8. The molecule has 124 valence electrons. The first kappa shape index (κ1) is 15.3. The van der Waals surface area contributed by atoms with Crippen LogP contribution < -0.4 is 9.47 Å². The van der Waals surface area contributed by atoms with E-state index in [0.29, 0.717) is 0 Å². The Labute approximate surface area is 144 Å². The second kappa shape index (κ2) is 6.01. The molecule has 0 saturated heterocycles. The Balaban J connectivity index is 1.84. The summed E-state index contributed by atoms with van der Waals surface area (Å²) in [5.74, 6) is 1.92. The van der Waals surface area contributed by atoms with Gasteiger partial charge in [-0.1, -0.05) is 30.2 Å². The first-order chi connectivity index (χ1) is 11.7. The Morgan fingerprint density at radius 2 is 1.71 bits per heavy atom. The number of hydrogen-bond donors (Lipinski definition) is 0. The molecule has 24 heavy (non-hydrogen) atoms. The molecule has 0 unspecified atom stereocenters. The van der Waals surface area contributed by atoms with Gasteiger partial charge in [-0.3, -0.25) is 0 Å². The van der Waals surface area contributed by atoms with E-state index >= 15 is 0 Å². The lowest BCUT2D eigenvalue weighted by molar-refractivity contribution is 0.0746. The van der Waals surface area contributed by atoms with Crippen molar-refractivity contribution < 1.29 is 9.47 Å². The van der Waals surface area contributed by atoms with E-state index in [1.807, 2.05) is 12.1 Å². The van der Waals surface area contributed by atoms with Crippen LogP contribution in [0, 0.1) is 6.92 Å². The molecule has 0 aromatic heterocycles. The van der Waals surface area contributed by atoms with Crippen molar-refractivity contribution in [1.29, 1.82) is 0 Å². The highest BCUT2D eigenvalue weighted by Crippen LogP contribution is 2.45. The van der Waals surface area contributed by atoms with Gasteiger partial charge in [-0.15, -0.1) is 0 Å². The van der Waals surface area contributed by atoms with E-state index in [9.17, 15) is 0 Å². The van der Waals surface area contributed by atoms with Gasteiger partial charge in [-0.2, -0.15) is 0 Å². The molecule has 2 aromatic carbocycles. The molecule has 4 rings (SSSR count). The molecule has 1 aliphatic heterocycles. The number of benzene rings is 2. The summed E-state index contributed by atoms with van der Waals surface area (Å²) in [6.45, 7) is 2.14. The fraction of sp³-hybridized carbons (Fsp3) is 0.364. The van der Waals surface area contributed by atoms with Crippen LogP contribution >= 0.6 is 0 Å². The minimum atomic E-state index is -0.129. The molecule has 2 aliphatic rings. The van der Waals surface area contributed by atoms with Gasteiger partial charge < -0.3 is 9.47 Å². The van der Waals surface area contributed by atoms with Gasteiger partial charge in [0, 0.05) is 5.56 Å². The monoisotopic (exact) mass is 320 g/mol. The maximum atomic E-state index is 6.51. The average Bonchev–Trinajstić information content (AvgIpc) is 2.62. The minimum absolute atomic E-state index is 0.129. The summed E-state index contributed by atoms with van der Waals surface area (Å²) in [6, 6.07) is 14.9. The molecule has 1 heterocycles. The lowest BCUT2D eigenvalue weighted by Crippen LogP contribution is -2.38. The fourth-order valence-corrected chi connectivity index (χ4v) is 3.94. The van der Waals surface area contributed by atoms with Crippen LogP contribution in [0.4, 0.5) is 0 Å². The number of fused-ring (bicyclic) bond motifs is 1. The van der Waals surface area contributed by atoms with Crippen molar-refractivity contribution in [3.05, 3.63) is 65.2 Å². The highest BCUT2D eigenvalue weighted by Gasteiger charge is 2.36. The van der Waals surface area contributed by atoms with E-state index in [4.69, 9.17) is 9.47 Å². The molecule has 0 amide bonds. The van der Waals surface area contributed by atoms with Gasteiger partial charge in [0.25, 0.3) is 0 Å². The molecule has 2 aromatic rings. The van der Waals surface area contributed by atoms with Crippen molar-refractivity contribution in [2.24, 2.45) is 0 Å². The van der Waals surface area contributed by atoms with Crippen LogP contribution in [0.3, 0.4) is 0 Å². The molecule has 2 heteroatoms. The first-order valence-corrected chi connectivity index (χ1v) is 8.86. The van der Waals surface area contributed by atoms with Gasteiger partial charge in [0.05, 0.1) is 7.11 Å². The zero-order valence-electron chi connectivity index (χ0n) is 14.5. The molecule has 1 spiro atoms. The average molecular weight is 320 g/mol. The number of rotatable bonds is 2. The molecule has 0 bridgehead atoms. The third-order valence-corrected chi connectivity index (χ3v) is 5.25. The molecule has 1 saturated carbocycles. The topological polar surface area (TPSA) is 18.5 Å². The largest absolute Gasteiger partial charge is 0.497 e. The Morgan fingerprint density at radius 1 is 0.958 bits per heavy atom. The highest BCUT2D eigenvalue weighted by molar-refractivity contribution is 5.85. The van der Waals surface area contributed by atoms with Crippen LogP contribution in [0.2, 0.25) is 0 Å². The quantitative estimate of drug-likeness (QED) is 0.724. The van der Waals surface area contributed by atoms with Crippen molar-refractivity contribution in [3.63, 3.8) is 0 Å². The smallest absolute Gasteiger partial charge is 0.128 e. The van der Waals surface area contributed by atoms with Crippen LogP contribution in [0.15, 0.2) is 48.5 Å². The number of hydrogen-bond acceptors (Lipinski definition) is 2. The van der Waals surface area contributed by atoms with Crippen molar-refractivity contribution in [2.75, 3.05) is 7.11 Å². The minimum Gasteiger partial charge on any atom is -0.497 e. The van der Waals surface area contributed by atoms with Crippen molar-refractivity contribution in [1.82, 2.24) is 0 Å². The maximum Gasteiger partial charge on any atom is 0.128 e. The predicted molar refractivity (Wildman–Crippen MR) is 97.7 cm³/mol. The van der Waals surface area contributed by atoms with Crippen LogP contribution in [-0.4, -0.2) is 12.7 Å². The summed E-state index contributed by atoms with van der Waals surface area (Å²) in [5, 5.41) is 0. The molecule has 0 atom stereocenters. The molecule has 0 radical (unpaired) electrons. The summed E-state index contributed by atoms with van der Waals surface area (Å²) in [4.78, 5) is 0. The summed E-state index contributed by atoms with van der Waals surface area (Å²) >= 11 is 0. The van der Waals surface area contributed by atoms with E-state index in [2.05, 4.69) is 43.3 Å². The van der Waals surface area contributed by atoms with Gasteiger partial charge in [0.15, 0.2) is 0 Å². The van der Waals surface area contributed by atoms with Crippen molar-refractivity contribution in [2.45, 2.75) is 44.6 Å². The zero-order chi connectivity index (χ0) is 16.6. The van der Waals surface area contributed by atoms with E-state index in [0.717, 1.165) is 24.3 Å². The summed E-state index contributed by atoms with van der Waals surface area (Å²) in [6.07, 6.45) is 8.41. The molecule has 1 fully saturated rings. The zero-order valence-corrected chi connectivity index (χ0v) is 14.5. The summed E-state index contributed by atoms with van der Waals surface area (Å²) in [5.41, 5.74) is 4.86. The summed E-state index contributed by atoms with van der Waals surface area (Å²) in [7, 11) is 1.71. The van der Waals surface area contributed by atoms with Gasteiger partial charge in [-0.25, -0.2) is 0 Å². The Kier molecular flexibility index (Phi) is 3.84. The van der Waals surface area contributed by atoms with E-state index < -0.39 is 0 Å². The first-order valence-electron chi connectivity index (χ1n) is 8.86. The van der Waals surface area contributed by atoms with E-state index in [1.54, 1.807) is 7.11 Å². The Bertz CT molecular complexity index is 765. The molecule has 1 aliphatic carbocycles. The number of aryl methyl sites for hydroxylation is 1. The number of methoxy groups -OCH3 is 1. The standard InChI is InChI=1S/C22H24O2/c1-16-6-11-21-19(14-16)20(17-7-9-18(23-2)10-8-17)15-22(24-21)12-4-3-5-13-22/h6-11,14-15H,3-5,12-13H2,1-2H3. The fourth-order valence-electron chi connectivity index (χ4n) is 3.94. The second-order valence-electron chi connectivity index (χ2n) is 7.01. The third-order valence-electron chi connectivity index (χ3n) is 5.25. The molecule has 0 N–H and O–H groups in total. The Hall–Kier alpha value is -2.22. The normalized spacial score (nSPS) is 18.5. The van der Waals surface area contributed by atoms with Crippen molar-refractivity contribution >= 4 is 5.57 Å². The van der Waals surface area contributed by atoms with Crippen LogP contribution in [0.5, 0.6) is 11.5 Å². The third kappa shape index (κ3) is 2.71. The second-order valence-corrected chi connectivity index (χ2v) is 7.01. The molecular formula is C22H24O2. The van der Waals surface area contributed by atoms with Crippen LogP contribution in [-0.2, 0) is 0 Å². The van der Waals surface area contributed by atoms with Gasteiger partial charge >= 0.3 is 0 Å². The SMILES string of the molecule is COc1ccc(C2=CC3(CCCCC3)Oc3ccc(C)cc32)cc1. The lowest BCUT2D eigenvalue weighted by atomic mass is 9.79. The molecule has 2 nitrogen and oxygen atoms in total. The maximum absolute atomic E-state index is 6.51. The molecular weight excluding hydrogens is 296 g/mol. The Morgan fingerprint density at radius 3 is 2.42 bits per heavy atom. The van der Waals surface area contributed by atoms with Crippen molar-refractivity contribution in [3.8, 4) is 11.5 Å². The van der Waals surface area contributed by atoms with Gasteiger partial charge in [0.2, 0.25) is 0 Å².